The number of fused-ring (bicyclic) bond motifs is 1. The summed E-state index contributed by atoms with van der Waals surface area (Å²) in [5.41, 5.74) is 2.18. The fourth-order valence-electron chi connectivity index (χ4n) is 1.97. The molecule has 0 radical (unpaired) electrons. The minimum Gasteiger partial charge on any atom is -0.384 e. The molecule has 1 aliphatic heterocycles. The molecule has 0 aromatic heterocycles. The van der Waals surface area contributed by atoms with Gasteiger partial charge in [-0.15, -0.1) is 0 Å². The number of nitrogens with one attached hydrogen (secondary N) is 2. The van der Waals surface area contributed by atoms with E-state index in [0.29, 0.717) is 5.92 Å². The van der Waals surface area contributed by atoms with Gasteiger partial charge in [-0.2, -0.15) is 0 Å². The predicted molar refractivity (Wildman–Crippen MR) is 56.0 cm³/mol. The zero-order valence-corrected chi connectivity index (χ0v) is 8.31. The maximum absolute atomic E-state index is 13.0. The zero-order valence-electron chi connectivity index (χ0n) is 8.31. The molecule has 1 unspecified atom stereocenters. The molecule has 2 nitrogen and oxygen atoms in total. The molecular weight excluding hydrogens is 179 g/mol. The summed E-state index contributed by atoms with van der Waals surface area (Å²) < 4.78 is 13.0. The van der Waals surface area contributed by atoms with Crippen LogP contribution in [-0.4, -0.2) is 20.1 Å². The molecule has 0 amide bonds. The first-order valence-corrected chi connectivity index (χ1v) is 4.96. The van der Waals surface area contributed by atoms with Crippen molar-refractivity contribution in [2.24, 2.45) is 5.92 Å². The summed E-state index contributed by atoms with van der Waals surface area (Å²) in [4.78, 5) is 0. The molecule has 1 aromatic rings. The van der Waals surface area contributed by atoms with Gasteiger partial charge in [0.05, 0.1) is 0 Å². The molecule has 1 aliphatic rings. The minimum absolute atomic E-state index is 0.143. The molecule has 0 saturated carbocycles. The van der Waals surface area contributed by atoms with Crippen molar-refractivity contribution in [3.8, 4) is 0 Å². The molecule has 2 N–H and O–H groups in total. The van der Waals surface area contributed by atoms with Crippen molar-refractivity contribution in [1.29, 1.82) is 0 Å². The molecule has 1 aromatic carbocycles. The molecule has 76 valence electrons. The fourth-order valence-corrected chi connectivity index (χ4v) is 1.97. The summed E-state index contributed by atoms with van der Waals surface area (Å²) in [7, 11) is 1.95. The summed E-state index contributed by atoms with van der Waals surface area (Å²) in [6.07, 6.45) is 0.959. The highest BCUT2D eigenvalue weighted by molar-refractivity contribution is 5.53. The summed E-state index contributed by atoms with van der Waals surface area (Å²) in [5, 5.41) is 6.47. The van der Waals surface area contributed by atoms with E-state index in [0.717, 1.165) is 30.8 Å². The van der Waals surface area contributed by atoms with Crippen LogP contribution in [0.4, 0.5) is 10.1 Å². The molecule has 0 spiro atoms. The topological polar surface area (TPSA) is 24.1 Å². The smallest absolute Gasteiger partial charge is 0.123 e. The molecule has 14 heavy (non-hydrogen) atoms. The average Bonchev–Trinajstić information content (AvgIpc) is 2.17. The van der Waals surface area contributed by atoms with Gasteiger partial charge < -0.3 is 10.6 Å². The highest BCUT2D eigenvalue weighted by Crippen LogP contribution is 2.24. The molecule has 0 bridgehead atoms. The Labute approximate surface area is 83.5 Å². The van der Waals surface area contributed by atoms with E-state index in [1.54, 1.807) is 6.07 Å². The highest BCUT2D eigenvalue weighted by atomic mass is 19.1. The van der Waals surface area contributed by atoms with Crippen molar-refractivity contribution in [2.75, 3.05) is 25.5 Å². The fraction of sp³-hybridized carbons (Fsp3) is 0.455. The van der Waals surface area contributed by atoms with Crippen LogP contribution in [-0.2, 0) is 6.42 Å². The molecule has 0 fully saturated rings. The molecule has 1 atom stereocenters. The average molecular weight is 194 g/mol. The Morgan fingerprint density at radius 1 is 1.57 bits per heavy atom. The van der Waals surface area contributed by atoms with E-state index in [1.807, 2.05) is 13.1 Å². The summed E-state index contributed by atoms with van der Waals surface area (Å²) in [6, 6.07) is 4.95. The van der Waals surface area contributed by atoms with E-state index >= 15 is 0 Å². The molecule has 0 aliphatic carbocycles. The highest BCUT2D eigenvalue weighted by Gasteiger charge is 2.17. The Bertz CT molecular complexity index is 325. The molecule has 0 saturated heterocycles. The van der Waals surface area contributed by atoms with Gasteiger partial charge in [-0.05, 0) is 49.7 Å². The predicted octanol–water partition coefficient (Wildman–Crippen LogP) is 1.63. The van der Waals surface area contributed by atoms with Gasteiger partial charge in [-0.25, -0.2) is 4.39 Å². The lowest BCUT2D eigenvalue weighted by Gasteiger charge is -2.25. The zero-order chi connectivity index (χ0) is 9.97. The standard InChI is InChI=1S/C11H15FN2/c1-13-6-8-4-9-5-10(12)2-3-11(9)14-7-8/h2-3,5,8,13-14H,4,6-7H2,1H3. The van der Waals surface area contributed by atoms with E-state index in [2.05, 4.69) is 10.6 Å². The Balaban J connectivity index is 2.16. The normalized spacial score (nSPS) is 20.0. The van der Waals surface area contributed by atoms with E-state index in [4.69, 9.17) is 0 Å². The van der Waals surface area contributed by atoms with Gasteiger partial charge in [-0.1, -0.05) is 0 Å². The van der Waals surface area contributed by atoms with Gasteiger partial charge in [0.1, 0.15) is 5.82 Å². The third kappa shape index (κ3) is 1.87. The second kappa shape index (κ2) is 3.96. The lowest BCUT2D eigenvalue weighted by atomic mass is 9.94. The molecule has 1 heterocycles. The quantitative estimate of drug-likeness (QED) is 0.747. The first kappa shape index (κ1) is 9.46. The monoisotopic (exact) mass is 194 g/mol. The Morgan fingerprint density at radius 2 is 2.43 bits per heavy atom. The van der Waals surface area contributed by atoms with Gasteiger partial charge in [0.15, 0.2) is 0 Å². The van der Waals surface area contributed by atoms with E-state index in [1.165, 1.54) is 6.07 Å². The van der Waals surface area contributed by atoms with Crippen molar-refractivity contribution < 1.29 is 4.39 Å². The largest absolute Gasteiger partial charge is 0.384 e. The Morgan fingerprint density at radius 3 is 3.21 bits per heavy atom. The van der Waals surface area contributed by atoms with Crippen molar-refractivity contribution in [3.63, 3.8) is 0 Å². The van der Waals surface area contributed by atoms with Crippen molar-refractivity contribution in [1.82, 2.24) is 5.32 Å². The van der Waals surface area contributed by atoms with Crippen LogP contribution in [0.5, 0.6) is 0 Å². The van der Waals surface area contributed by atoms with Crippen LogP contribution in [0, 0.1) is 11.7 Å². The van der Waals surface area contributed by atoms with Gasteiger partial charge in [-0.3, -0.25) is 0 Å². The minimum atomic E-state index is -0.143. The summed E-state index contributed by atoms with van der Waals surface area (Å²) in [6.45, 7) is 1.95. The maximum Gasteiger partial charge on any atom is 0.123 e. The van der Waals surface area contributed by atoms with Crippen LogP contribution in [0.1, 0.15) is 5.56 Å². The third-order valence-electron chi connectivity index (χ3n) is 2.65. The van der Waals surface area contributed by atoms with Gasteiger partial charge in [0, 0.05) is 12.2 Å². The van der Waals surface area contributed by atoms with Crippen LogP contribution in [0.25, 0.3) is 0 Å². The Kier molecular flexibility index (Phi) is 2.68. The van der Waals surface area contributed by atoms with Crippen molar-refractivity contribution >= 4 is 5.69 Å². The third-order valence-corrected chi connectivity index (χ3v) is 2.65. The first-order valence-electron chi connectivity index (χ1n) is 4.96. The van der Waals surface area contributed by atoms with Crippen LogP contribution >= 0.6 is 0 Å². The summed E-state index contributed by atoms with van der Waals surface area (Å²) in [5.74, 6) is 0.421. The van der Waals surface area contributed by atoms with Crippen LogP contribution in [0.15, 0.2) is 18.2 Å². The SMILES string of the molecule is CNCC1CNc2ccc(F)cc2C1. The number of anilines is 1. The number of hydrogen-bond donors (Lipinski definition) is 2. The van der Waals surface area contributed by atoms with Gasteiger partial charge in [0.25, 0.3) is 0 Å². The molecular formula is C11H15FN2. The van der Waals surface area contributed by atoms with E-state index < -0.39 is 0 Å². The maximum atomic E-state index is 13.0. The van der Waals surface area contributed by atoms with Crippen LogP contribution in [0.2, 0.25) is 0 Å². The second-order valence-corrected chi connectivity index (χ2v) is 3.81. The van der Waals surface area contributed by atoms with E-state index in [-0.39, 0.29) is 5.82 Å². The van der Waals surface area contributed by atoms with Gasteiger partial charge >= 0.3 is 0 Å². The van der Waals surface area contributed by atoms with Crippen LogP contribution in [0.3, 0.4) is 0 Å². The van der Waals surface area contributed by atoms with Crippen molar-refractivity contribution in [2.45, 2.75) is 6.42 Å². The first-order chi connectivity index (χ1) is 6.79. The van der Waals surface area contributed by atoms with E-state index in [9.17, 15) is 4.39 Å². The van der Waals surface area contributed by atoms with Crippen molar-refractivity contribution in [3.05, 3.63) is 29.6 Å². The summed E-state index contributed by atoms with van der Waals surface area (Å²) >= 11 is 0. The number of benzene rings is 1. The molecule has 3 heteroatoms. The molecule has 2 rings (SSSR count). The number of halogens is 1. The van der Waals surface area contributed by atoms with Crippen LogP contribution < -0.4 is 10.6 Å². The lowest BCUT2D eigenvalue weighted by Crippen LogP contribution is -2.30. The Hall–Kier alpha value is -1.09. The second-order valence-electron chi connectivity index (χ2n) is 3.81. The number of rotatable bonds is 2. The lowest BCUT2D eigenvalue weighted by molar-refractivity contribution is 0.505. The van der Waals surface area contributed by atoms with Gasteiger partial charge in [0.2, 0.25) is 0 Å². The number of hydrogen-bond acceptors (Lipinski definition) is 2.